The highest BCUT2D eigenvalue weighted by molar-refractivity contribution is 6.08. The number of amides is 1. The van der Waals surface area contributed by atoms with E-state index in [-0.39, 0.29) is 29.4 Å². The van der Waals surface area contributed by atoms with Crippen molar-refractivity contribution in [1.29, 1.82) is 0 Å². The normalized spacial score (nSPS) is 20.3. The molecule has 5 heteroatoms. The monoisotopic (exact) mass is 433 g/mol. The van der Waals surface area contributed by atoms with Crippen LogP contribution in [0.2, 0.25) is 0 Å². The minimum Gasteiger partial charge on any atom is -0.493 e. The molecule has 168 valence electrons. The second-order valence-electron chi connectivity index (χ2n) is 9.72. The summed E-state index contributed by atoms with van der Waals surface area (Å²) in [5, 5.41) is 0. The van der Waals surface area contributed by atoms with Crippen molar-refractivity contribution in [2.75, 3.05) is 19.1 Å². The van der Waals surface area contributed by atoms with Crippen molar-refractivity contribution in [3.8, 4) is 11.5 Å². The van der Waals surface area contributed by atoms with Crippen molar-refractivity contribution in [3.63, 3.8) is 0 Å². The van der Waals surface area contributed by atoms with E-state index in [1.165, 1.54) is 0 Å². The Labute approximate surface area is 190 Å². The van der Waals surface area contributed by atoms with E-state index in [1.54, 1.807) is 19.1 Å². The topological polar surface area (TPSA) is 55.8 Å². The number of allylic oxidation sites excluding steroid dienone is 2. The lowest BCUT2D eigenvalue weighted by atomic mass is 9.69. The fourth-order valence-electron chi connectivity index (χ4n) is 5.25. The Morgan fingerprint density at radius 1 is 0.969 bits per heavy atom. The third kappa shape index (κ3) is 3.81. The zero-order chi connectivity index (χ0) is 23.2. The summed E-state index contributed by atoms with van der Waals surface area (Å²) in [5.41, 5.74) is 5.17. The molecule has 1 unspecified atom stereocenters. The van der Waals surface area contributed by atoms with Gasteiger partial charge in [-0.3, -0.25) is 14.5 Å². The first kappa shape index (κ1) is 22.1. The zero-order valence-corrected chi connectivity index (χ0v) is 19.7. The number of hydrogen-bond acceptors (Lipinski definition) is 4. The molecule has 0 saturated carbocycles. The number of carbonyl (C=O) groups is 2. The van der Waals surface area contributed by atoms with Gasteiger partial charge in [-0.1, -0.05) is 32.0 Å². The van der Waals surface area contributed by atoms with Crippen LogP contribution in [0.5, 0.6) is 11.5 Å². The van der Waals surface area contributed by atoms with Crippen LogP contribution in [-0.4, -0.2) is 25.9 Å². The molecular weight excluding hydrogens is 402 g/mol. The average molecular weight is 434 g/mol. The van der Waals surface area contributed by atoms with E-state index in [1.807, 2.05) is 44.2 Å². The molecule has 5 nitrogen and oxygen atoms in total. The number of anilines is 1. The van der Waals surface area contributed by atoms with E-state index in [0.717, 1.165) is 33.6 Å². The molecule has 2 aliphatic rings. The van der Waals surface area contributed by atoms with Crippen LogP contribution in [0, 0.1) is 19.3 Å². The van der Waals surface area contributed by atoms with Crippen LogP contribution < -0.4 is 14.4 Å². The largest absolute Gasteiger partial charge is 0.493 e. The number of hydrogen-bond donors (Lipinski definition) is 0. The summed E-state index contributed by atoms with van der Waals surface area (Å²) in [6.07, 6.45) is 1.33. The van der Waals surface area contributed by atoms with Crippen LogP contribution in [-0.2, 0) is 9.59 Å². The molecule has 0 saturated heterocycles. The van der Waals surface area contributed by atoms with Gasteiger partial charge in [0.15, 0.2) is 17.3 Å². The molecule has 0 fully saturated rings. The lowest BCUT2D eigenvalue weighted by molar-refractivity contribution is -0.121. The van der Waals surface area contributed by atoms with Crippen molar-refractivity contribution < 1.29 is 19.1 Å². The number of carbonyl (C=O) groups excluding carboxylic acids is 2. The van der Waals surface area contributed by atoms with Gasteiger partial charge in [0.05, 0.1) is 14.2 Å². The number of nitrogens with zero attached hydrogens (tertiary/aromatic N) is 1. The Hall–Kier alpha value is -3.08. The van der Waals surface area contributed by atoms with E-state index in [0.29, 0.717) is 24.3 Å². The van der Waals surface area contributed by atoms with Gasteiger partial charge in [-0.05, 0) is 55.0 Å². The molecule has 0 bridgehead atoms. The van der Waals surface area contributed by atoms with Gasteiger partial charge in [0.2, 0.25) is 5.91 Å². The molecule has 1 aliphatic heterocycles. The molecular formula is C27H31NO4. The smallest absolute Gasteiger partial charge is 0.232 e. The molecule has 0 N–H and O–H groups in total. The quantitative estimate of drug-likeness (QED) is 0.640. The van der Waals surface area contributed by atoms with Gasteiger partial charge in [-0.15, -0.1) is 0 Å². The Bertz CT molecular complexity index is 1110. The maximum Gasteiger partial charge on any atom is 0.232 e. The van der Waals surface area contributed by atoms with Gasteiger partial charge < -0.3 is 9.47 Å². The van der Waals surface area contributed by atoms with Gasteiger partial charge in [0.1, 0.15) is 0 Å². The van der Waals surface area contributed by atoms with Crippen molar-refractivity contribution in [1.82, 2.24) is 0 Å². The Kier molecular flexibility index (Phi) is 5.61. The standard InChI is InChI=1S/C27H31NO4/c1-16-10-17(2)12-18(11-16)28-21-14-27(3,4)15-22(29)25(21)20(13-24(28)30)19-8-7-9-23(31-5)26(19)32-6/h7-12,20H,13-15H2,1-6H3. The van der Waals surface area contributed by atoms with Gasteiger partial charge in [0, 0.05) is 41.3 Å². The van der Waals surface area contributed by atoms with Crippen LogP contribution in [0.25, 0.3) is 0 Å². The van der Waals surface area contributed by atoms with E-state index in [9.17, 15) is 9.59 Å². The summed E-state index contributed by atoms with van der Waals surface area (Å²) in [6, 6.07) is 11.8. The molecule has 2 aromatic carbocycles. The van der Waals surface area contributed by atoms with Crippen LogP contribution in [0.4, 0.5) is 5.69 Å². The second kappa shape index (κ2) is 8.12. The number of ketones is 1. The number of aryl methyl sites for hydroxylation is 2. The van der Waals surface area contributed by atoms with Gasteiger partial charge in [-0.25, -0.2) is 0 Å². The first-order valence-corrected chi connectivity index (χ1v) is 11.0. The Morgan fingerprint density at radius 2 is 1.66 bits per heavy atom. The van der Waals surface area contributed by atoms with E-state index in [4.69, 9.17) is 9.47 Å². The van der Waals surface area contributed by atoms with Crippen LogP contribution in [0.1, 0.15) is 55.7 Å². The average Bonchev–Trinajstić information content (AvgIpc) is 2.70. The number of Topliss-reactive ketones (excluding diaryl/α,β-unsaturated/α-hetero) is 1. The Balaban J connectivity index is 1.95. The fourth-order valence-corrected chi connectivity index (χ4v) is 5.25. The van der Waals surface area contributed by atoms with E-state index < -0.39 is 0 Å². The number of benzene rings is 2. The molecule has 1 atom stereocenters. The minimum absolute atomic E-state index is 0.00544. The predicted molar refractivity (Wildman–Crippen MR) is 125 cm³/mol. The third-order valence-electron chi connectivity index (χ3n) is 6.42. The molecule has 1 aliphatic carbocycles. The summed E-state index contributed by atoms with van der Waals surface area (Å²) in [6.45, 7) is 8.24. The maximum absolute atomic E-state index is 13.6. The summed E-state index contributed by atoms with van der Waals surface area (Å²) < 4.78 is 11.2. The molecule has 1 heterocycles. The summed E-state index contributed by atoms with van der Waals surface area (Å²) in [4.78, 5) is 29.0. The zero-order valence-electron chi connectivity index (χ0n) is 19.7. The van der Waals surface area contributed by atoms with Gasteiger partial charge in [0.25, 0.3) is 0 Å². The van der Waals surface area contributed by atoms with Crippen molar-refractivity contribution in [3.05, 3.63) is 64.4 Å². The number of methoxy groups -OCH3 is 2. The number of rotatable bonds is 4. The first-order valence-electron chi connectivity index (χ1n) is 11.0. The van der Waals surface area contributed by atoms with Crippen molar-refractivity contribution in [2.24, 2.45) is 5.41 Å². The highest BCUT2D eigenvalue weighted by Crippen LogP contribution is 2.50. The minimum atomic E-state index is -0.353. The SMILES string of the molecule is COc1cccc(C2CC(=O)N(c3cc(C)cc(C)c3)C3=C2C(=O)CC(C)(C)C3)c1OC. The van der Waals surface area contributed by atoms with E-state index >= 15 is 0 Å². The summed E-state index contributed by atoms with van der Waals surface area (Å²) in [5.74, 6) is 0.924. The van der Waals surface area contributed by atoms with Gasteiger partial charge >= 0.3 is 0 Å². The lowest BCUT2D eigenvalue weighted by Gasteiger charge is -2.43. The highest BCUT2D eigenvalue weighted by Gasteiger charge is 2.45. The van der Waals surface area contributed by atoms with Crippen LogP contribution >= 0.6 is 0 Å². The summed E-state index contributed by atoms with van der Waals surface area (Å²) in [7, 11) is 3.18. The third-order valence-corrected chi connectivity index (χ3v) is 6.42. The second-order valence-corrected chi connectivity index (χ2v) is 9.72. The fraction of sp³-hybridized carbons (Fsp3) is 0.407. The van der Waals surface area contributed by atoms with Gasteiger partial charge in [-0.2, -0.15) is 0 Å². The molecule has 0 radical (unpaired) electrons. The van der Waals surface area contributed by atoms with Crippen LogP contribution in [0.15, 0.2) is 47.7 Å². The molecule has 32 heavy (non-hydrogen) atoms. The molecule has 0 spiro atoms. The van der Waals surface area contributed by atoms with Crippen molar-refractivity contribution in [2.45, 2.75) is 52.9 Å². The molecule has 1 amide bonds. The predicted octanol–water partition coefficient (Wildman–Crippen LogP) is 5.48. The maximum atomic E-state index is 13.6. The highest BCUT2D eigenvalue weighted by atomic mass is 16.5. The van der Waals surface area contributed by atoms with Crippen molar-refractivity contribution >= 4 is 17.4 Å². The number of para-hydroxylation sites is 1. The summed E-state index contributed by atoms with van der Waals surface area (Å²) >= 11 is 0. The lowest BCUT2D eigenvalue weighted by Crippen LogP contribution is -2.43. The Morgan fingerprint density at radius 3 is 2.28 bits per heavy atom. The molecule has 4 rings (SSSR count). The molecule has 0 aromatic heterocycles. The molecule has 2 aromatic rings. The number of ether oxygens (including phenoxy) is 2. The first-order chi connectivity index (χ1) is 15.1. The van der Waals surface area contributed by atoms with E-state index in [2.05, 4.69) is 19.9 Å². The van der Waals surface area contributed by atoms with Crippen LogP contribution in [0.3, 0.4) is 0 Å².